The van der Waals surface area contributed by atoms with Gasteiger partial charge in [-0.25, -0.2) is 0 Å². The van der Waals surface area contributed by atoms with Gasteiger partial charge < -0.3 is 10.1 Å². The van der Waals surface area contributed by atoms with E-state index < -0.39 is 0 Å². The Morgan fingerprint density at radius 3 is 2.71 bits per heavy atom. The molecule has 2 rings (SSSR count). The standard InChI is InChI=1S/C18H30N2O/c1-4-19-13-17-7-5-6-8-18(17)21-12-11-20(15(2)3)14-16-9-10-16/h5-8,15-16,19H,4,9-14H2,1-3H3. The van der Waals surface area contributed by atoms with Crippen LogP contribution < -0.4 is 10.1 Å². The van der Waals surface area contributed by atoms with Crippen LogP contribution >= 0.6 is 0 Å². The summed E-state index contributed by atoms with van der Waals surface area (Å²) in [5, 5.41) is 3.37. The lowest BCUT2D eigenvalue weighted by molar-refractivity contribution is 0.169. The number of para-hydroxylation sites is 1. The van der Waals surface area contributed by atoms with Crippen molar-refractivity contribution < 1.29 is 4.74 Å². The molecule has 1 aromatic rings. The molecule has 1 N–H and O–H groups in total. The van der Waals surface area contributed by atoms with E-state index in [1.54, 1.807) is 0 Å². The quantitative estimate of drug-likeness (QED) is 0.715. The molecule has 0 aromatic heterocycles. The fraction of sp³-hybridized carbons (Fsp3) is 0.667. The highest BCUT2D eigenvalue weighted by Gasteiger charge is 2.25. The lowest BCUT2D eigenvalue weighted by Crippen LogP contribution is -2.36. The molecule has 3 nitrogen and oxygen atoms in total. The number of benzene rings is 1. The van der Waals surface area contributed by atoms with Gasteiger partial charge in [-0.1, -0.05) is 25.1 Å². The third kappa shape index (κ3) is 5.68. The van der Waals surface area contributed by atoms with E-state index in [9.17, 15) is 0 Å². The van der Waals surface area contributed by atoms with Crippen molar-refractivity contribution >= 4 is 0 Å². The molecule has 0 heterocycles. The molecule has 0 saturated heterocycles. The first-order valence-electron chi connectivity index (χ1n) is 8.36. The van der Waals surface area contributed by atoms with E-state index in [2.05, 4.69) is 55.3 Å². The Morgan fingerprint density at radius 2 is 2.05 bits per heavy atom. The molecule has 0 atom stereocenters. The third-order valence-corrected chi connectivity index (χ3v) is 4.09. The molecule has 1 fully saturated rings. The Hall–Kier alpha value is -1.06. The maximum atomic E-state index is 6.04. The molecule has 0 spiro atoms. The molecule has 21 heavy (non-hydrogen) atoms. The topological polar surface area (TPSA) is 24.5 Å². The summed E-state index contributed by atoms with van der Waals surface area (Å²) in [6.07, 6.45) is 2.82. The van der Waals surface area contributed by atoms with E-state index in [1.807, 2.05) is 0 Å². The summed E-state index contributed by atoms with van der Waals surface area (Å²) in [6, 6.07) is 8.95. The molecular formula is C18H30N2O. The molecule has 1 aliphatic rings. The molecule has 3 heteroatoms. The van der Waals surface area contributed by atoms with Crippen LogP contribution in [0.15, 0.2) is 24.3 Å². The number of hydrogen-bond acceptors (Lipinski definition) is 3. The number of rotatable bonds is 10. The van der Waals surface area contributed by atoms with E-state index in [1.165, 1.54) is 24.9 Å². The van der Waals surface area contributed by atoms with Gasteiger partial charge in [0, 0.05) is 31.2 Å². The van der Waals surface area contributed by atoms with Crippen molar-refractivity contribution in [2.24, 2.45) is 5.92 Å². The summed E-state index contributed by atoms with van der Waals surface area (Å²) in [5.74, 6) is 1.96. The minimum Gasteiger partial charge on any atom is -0.492 e. The molecule has 0 radical (unpaired) electrons. The second-order valence-corrected chi connectivity index (χ2v) is 6.27. The zero-order chi connectivity index (χ0) is 15.1. The fourth-order valence-corrected chi connectivity index (χ4v) is 2.52. The minimum atomic E-state index is 0.603. The molecule has 0 unspecified atom stereocenters. The van der Waals surface area contributed by atoms with Crippen LogP contribution in [0.1, 0.15) is 39.2 Å². The van der Waals surface area contributed by atoms with Gasteiger partial charge in [-0.15, -0.1) is 0 Å². The van der Waals surface area contributed by atoms with Gasteiger partial charge >= 0.3 is 0 Å². The summed E-state index contributed by atoms with van der Waals surface area (Å²) in [6.45, 7) is 11.6. The molecule has 0 aliphatic heterocycles. The average Bonchev–Trinajstić information content (AvgIpc) is 3.29. The van der Waals surface area contributed by atoms with Gasteiger partial charge in [0.05, 0.1) is 0 Å². The fourth-order valence-electron chi connectivity index (χ4n) is 2.52. The van der Waals surface area contributed by atoms with Crippen LogP contribution in [0.2, 0.25) is 0 Å². The number of nitrogens with zero attached hydrogens (tertiary/aromatic N) is 1. The van der Waals surface area contributed by atoms with Gasteiger partial charge in [0.25, 0.3) is 0 Å². The lowest BCUT2D eigenvalue weighted by Gasteiger charge is -2.26. The van der Waals surface area contributed by atoms with Crippen molar-refractivity contribution in [2.45, 2.75) is 46.2 Å². The molecule has 1 aliphatic carbocycles. The molecule has 1 aromatic carbocycles. The van der Waals surface area contributed by atoms with E-state index in [4.69, 9.17) is 4.74 Å². The van der Waals surface area contributed by atoms with Crippen LogP contribution in [0.3, 0.4) is 0 Å². The van der Waals surface area contributed by atoms with Gasteiger partial charge in [-0.2, -0.15) is 0 Å². The van der Waals surface area contributed by atoms with Gasteiger partial charge in [0.2, 0.25) is 0 Å². The van der Waals surface area contributed by atoms with Crippen molar-refractivity contribution in [3.63, 3.8) is 0 Å². The van der Waals surface area contributed by atoms with Crippen molar-refractivity contribution in [1.82, 2.24) is 10.2 Å². The number of nitrogens with one attached hydrogen (secondary N) is 1. The first-order valence-corrected chi connectivity index (χ1v) is 8.36. The van der Waals surface area contributed by atoms with Crippen LogP contribution in [0.4, 0.5) is 0 Å². The molecule has 1 saturated carbocycles. The van der Waals surface area contributed by atoms with Crippen LogP contribution in [0.5, 0.6) is 5.75 Å². The van der Waals surface area contributed by atoms with Gasteiger partial charge in [0.1, 0.15) is 12.4 Å². The second-order valence-electron chi connectivity index (χ2n) is 6.27. The predicted molar refractivity (Wildman–Crippen MR) is 88.8 cm³/mol. The Balaban J connectivity index is 1.81. The highest BCUT2D eigenvalue weighted by molar-refractivity contribution is 5.33. The maximum Gasteiger partial charge on any atom is 0.123 e. The zero-order valence-corrected chi connectivity index (χ0v) is 13.8. The molecule has 0 bridgehead atoms. The van der Waals surface area contributed by atoms with Crippen LogP contribution in [0.25, 0.3) is 0 Å². The third-order valence-electron chi connectivity index (χ3n) is 4.09. The summed E-state index contributed by atoms with van der Waals surface area (Å²) in [7, 11) is 0. The van der Waals surface area contributed by atoms with E-state index in [0.717, 1.165) is 37.9 Å². The predicted octanol–water partition coefficient (Wildman–Crippen LogP) is 3.30. The summed E-state index contributed by atoms with van der Waals surface area (Å²) in [5.41, 5.74) is 1.25. The monoisotopic (exact) mass is 290 g/mol. The Labute approximate surface area is 129 Å². The van der Waals surface area contributed by atoms with Crippen molar-refractivity contribution in [2.75, 3.05) is 26.2 Å². The van der Waals surface area contributed by atoms with Crippen molar-refractivity contribution in [3.8, 4) is 5.75 Å². The van der Waals surface area contributed by atoms with E-state index >= 15 is 0 Å². The normalized spacial score (nSPS) is 14.9. The lowest BCUT2D eigenvalue weighted by atomic mass is 10.2. The Morgan fingerprint density at radius 1 is 1.29 bits per heavy atom. The summed E-state index contributed by atoms with van der Waals surface area (Å²) >= 11 is 0. The van der Waals surface area contributed by atoms with Gasteiger partial charge in [-0.3, -0.25) is 4.90 Å². The van der Waals surface area contributed by atoms with Crippen LogP contribution in [0, 0.1) is 5.92 Å². The summed E-state index contributed by atoms with van der Waals surface area (Å²) in [4.78, 5) is 2.55. The van der Waals surface area contributed by atoms with Crippen LogP contribution in [-0.4, -0.2) is 37.2 Å². The van der Waals surface area contributed by atoms with Crippen molar-refractivity contribution in [3.05, 3.63) is 29.8 Å². The first kappa shape index (κ1) is 16.3. The Bertz CT molecular complexity index is 415. The largest absolute Gasteiger partial charge is 0.492 e. The second kappa shape index (κ2) is 8.40. The summed E-state index contributed by atoms with van der Waals surface area (Å²) < 4.78 is 6.04. The van der Waals surface area contributed by atoms with E-state index in [-0.39, 0.29) is 0 Å². The highest BCUT2D eigenvalue weighted by Crippen LogP contribution is 2.30. The average molecular weight is 290 g/mol. The highest BCUT2D eigenvalue weighted by atomic mass is 16.5. The zero-order valence-electron chi connectivity index (χ0n) is 13.8. The number of ether oxygens (including phenoxy) is 1. The Kier molecular flexibility index (Phi) is 6.52. The first-order chi connectivity index (χ1) is 10.2. The molecule has 0 amide bonds. The molecule has 118 valence electrons. The van der Waals surface area contributed by atoms with Gasteiger partial charge in [0.15, 0.2) is 0 Å². The van der Waals surface area contributed by atoms with Gasteiger partial charge in [-0.05, 0) is 45.2 Å². The SMILES string of the molecule is CCNCc1ccccc1OCCN(CC1CC1)C(C)C. The van der Waals surface area contributed by atoms with Crippen molar-refractivity contribution in [1.29, 1.82) is 0 Å². The van der Waals surface area contributed by atoms with Crippen LogP contribution in [-0.2, 0) is 6.54 Å². The smallest absolute Gasteiger partial charge is 0.123 e. The van der Waals surface area contributed by atoms with E-state index in [0.29, 0.717) is 6.04 Å². The number of hydrogen-bond donors (Lipinski definition) is 1. The maximum absolute atomic E-state index is 6.04. The molecular weight excluding hydrogens is 260 g/mol. The minimum absolute atomic E-state index is 0.603.